The van der Waals surface area contributed by atoms with Gasteiger partial charge in [-0.3, -0.25) is 14.6 Å². The van der Waals surface area contributed by atoms with Crippen LogP contribution in [0.25, 0.3) is 33.3 Å². The van der Waals surface area contributed by atoms with E-state index in [-0.39, 0.29) is 37.4 Å². The third-order valence-corrected chi connectivity index (χ3v) is 5.37. The molecule has 0 bridgehead atoms. The minimum absolute atomic E-state index is 0. The Morgan fingerprint density at radius 1 is 0.912 bits per heavy atom. The van der Waals surface area contributed by atoms with Crippen LogP contribution in [0, 0.1) is 19.9 Å². The van der Waals surface area contributed by atoms with E-state index in [2.05, 4.69) is 37.3 Å². The first-order valence-electron chi connectivity index (χ1n) is 10.7. The molecule has 1 aromatic heterocycles. The fraction of sp³-hybridized carbons (Fsp3) is 0.138. The number of benzene rings is 3. The summed E-state index contributed by atoms with van der Waals surface area (Å²) in [4.78, 5) is 27.6. The number of rotatable bonds is 2. The van der Waals surface area contributed by atoms with Gasteiger partial charge in [-0.1, -0.05) is 50.2 Å². The van der Waals surface area contributed by atoms with Crippen molar-refractivity contribution in [3.8, 4) is 22.4 Å². The molecule has 4 aromatic rings. The molecule has 0 amide bonds. The molecule has 34 heavy (non-hydrogen) atoms. The molecular formula is C29H24IrNO3-. The van der Waals surface area contributed by atoms with Crippen molar-refractivity contribution in [1.82, 2.24) is 4.98 Å². The molecule has 1 heterocycles. The molecule has 4 nitrogen and oxygen atoms in total. The zero-order valence-corrected chi connectivity index (χ0v) is 21.8. The van der Waals surface area contributed by atoms with Gasteiger partial charge in [0, 0.05) is 37.3 Å². The van der Waals surface area contributed by atoms with Gasteiger partial charge in [0.05, 0.1) is 11.3 Å². The summed E-state index contributed by atoms with van der Waals surface area (Å²) in [5, 5.41) is 9.41. The normalized spacial score (nSPS) is 11.8. The summed E-state index contributed by atoms with van der Waals surface area (Å²) in [5.41, 5.74) is 8.54. The van der Waals surface area contributed by atoms with E-state index in [0.29, 0.717) is 0 Å². The Kier molecular flexibility index (Phi) is 7.61. The van der Waals surface area contributed by atoms with Crippen LogP contribution in [0.4, 0.5) is 0 Å². The Balaban J connectivity index is 0.000000357. The van der Waals surface area contributed by atoms with Gasteiger partial charge in [-0.2, -0.15) is 0 Å². The van der Waals surface area contributed by atoms with Gasteiger partial charge in [0.15, 0.2) is 11.6 Å². The Labute approximate surface area is 212 Å². The Morgan fingerprint density at radius 2 is 1.62 bits per heavy atom. The van der Waals surface area contributed by atoms with E-state index in [1.165, 1.54) is 25.5 Å². The number of hydrogen-bond donors (Lipinski definition) is 1. The van der Waals surface area contributed by atoms with Gasteiger partial charge in [0.2, 0.25) is 0 Å². The summed E-state index contributed by atoms with van der Waals surface area (Å²) < 4.78 is 0. The Hall–Kier alpha value is -3.40. The third-order valence-electron chi connectivity index (χ3n) is 5.37. The van der Waals surface area contributed by atoms with Crippen molar-refractivity contribution in [2.45, 2.75) is 27.7 Å². The van der Waals surface area contributed by atoms with Gasteiger partial charge >= 0.3 is 0 Å². The molecule has 3 aromatic carbocycles. The van der Waals surface area contributed by atoms with Crippen LogP contribution in [-0.2, 0) is 24.9 Å². The monoisotopic (exact) mass is 627 g/mol. The van der Waals surface area contributed by atoms with Crippen molar-refractivity contribution in [3.05, 3.63) is 101 Å². The average Bonchev–Trinajstić information content (AvgIpc) is 3.02. The summed E-state index contributed by atoms with van der Waals surface area (Å²) >= 11 is 0. The Morgan fingerprint density at radius 3 is 2.24 bits per heavy atom. The summed E-state index contributed by atoms with van der Waals surface area (Å²) in [6.07, 6.45) is 1.17. The molecule has 0 fully saturated rings. The fourth-order valence-electron chi connectivity index (χ4n) is 4.12. The molecule has 0 atom stereocenters. The molecule has 0 saturated carbocycles. The van der Waals surface area contributed by atoms with Crippen molar-refractivity contribution in [3.63, 3.8) is 0 Å². The van der Waals surface area contributed by atoms with Crippen LogP contribution in [-0.4, -0.2) is 21.7 Å². The van der Waals surface area contributed by atoms with E-state index in [4.69, 9.17) is 10.1 Å². The maximum atomic E-state index is 12.7. The number of nitrogens with zero attached hydrogens (tertiary/aromatic N) is 1. The van der Waals surface area contributed by atoms with E-state index < -0.39 is 0 Å². The van der Waals surface area contributed by atoms with Crippen molar-refractivity contribution < 1.29 is 34.8 Å². The smallest absolute Gasteiger partial charge is 0.194 e. The summed E-state index contributed by atoms with van der Waals surface area (Å²) in [6.45, 7) is 6.97. The average molecular weight is 627 g/mol. The van der Waals surface area contributed by atoms with Crippen LogP contribution >= 0.6 is 0 Å². The van der Waals surface area contributed by atoms with E-state index in [1.807, 2.05) is 43.3 Å². The topological polar surface area (TPSA) is 67.3 Å². The molecule has 5 rings (SSSR count). The van der Waals surface area contributed by atoms with Crippen molar-refractivity contribution >= 4 is 22.5 Å². The summed E-state index contributed by atoms with van der Waals surface area (Å²) in [6, 6.07) is 23.5. The molecule has 1 aliphatic rings. The van der Waals surface area contributed by atoms with Crippen LogP contribution in [0.5, 0.6) is 0 Å². The number of fused-ring (bicyclic) bond motifs is 4. The van der Waals surface area contributed by atoms with Crippen LogP contribution in [0.1, 0.15) is 40.9 Å². The van der Waals surface area contributed by atoms with Gasteiger partial charge in [-0.05, 0) is 48.2 Å². The molecule has 5 heteroatoms. The van der Waals surface area contributed by atoms with Crippen LogP contribution in [0.15, 0.2) is 72.5 Å². The minimum atomic E-state index is -0.125. The number of allylic oxidation sites excluding steroid dienone is 2. The third kappa shape index (κ3) is 5.22. The molecule has 0 saturated heterocycles. The second-order valence-electron chi connectivity index (χ2n) is 8.31. The zero-order valence-electron chi connectivity index (χ0n) is 19.4. The maximum Gasteiger partial charge on any atom is 0.194 e. The van der Waals surface area contributed by atoms with Crippen molar-refractivity contribution in [2.75, 3.05) is 0 Å². The molecule has 173 valence electrons. The van der Waals surface area contributed by atoms with Gasteiger partial charge in [-0.15, -0.1) is 34.9 Å². The standard InChI is InChI=1S/C24H16NO.C5H8O2.Ir/c1-14-9-15(2)11-17(10-14)22-8-7-16-12-20-18-5-3-4-6-19(18)24(26)21(20)13-23(16)25-22;1-4(6)3-5(2)7;/h3-10,12-13H,1-2H3;3,6H,1-2H3;/q-1;;/b;4-3-;. The van der Waals surface area contributed by atoms with Crippen molar-refractivity contribution in [1.29, 1.82) is 0 Å². The molecular weight excluding hydrogens is 603 g/mol. The Bertz CT molecular complexity index is 1430. The first-order valence-corrected chi connectivity index (χ1v) is 10.7. The van der Waals surface area contributed by atoms with Gasteiger partial charge in [0.25, 0.3) is 0 Å². The van der Waals surface area contributed by atoms with E-state index >= 15 is 0 Å². The van der Waals surface area contributed by atoms with E-state index in [9.17, 15) is 9.59 Å². The van der Waals surface area contributed by atoms with Gasteiger partial charge in [0.1, 0.15) is 0 Å². The molecule has 0 spiro atoms. The second kappa shape index (κ2) is 10.3. The van der Waals surface area contributed by atoms with E-state index in [1.54, 1.807) is 0 Å². The number of carbonyl (C=O) groups is 2. The number of aliphatic hydroxyl groups excluding tert-OH is 1. The number of hydrogen-bond acceptors (Lipinski definition) is 4. The predicted molar refractivity (Wildman–Crippen MR) is 131 cm³/mol. The largest absolute Gasteiger partial charge is 0.512 e. The predicted octanol–water partition coefficient (Wildman–Crippen LogP) is 6.56. The quantitative estimate of drug-likeness (QED) is 0.137. The number of carbonyl (C=O) groups excluding carboxylic acids is 2. The SMILES string of the molecule is CC(=O)/C=C(/C)O.Cc1[c-]c(-c2ccc3cc4c(cc3n2)C(=O)c2ccccc2-4)cc(C)c1.[Ir]. The second-order valence-corrected chi connectivity index (χ2v) is 8.31. The first-order chi connectivity index (χ1) is 15.7. The van der Waals surface area contributed by atoms with Crippen LogP contribution in [0.2, 0.25) is 0 Å². The maximum absolute atomic E-state index is 12.7. The molecule has 1 N–H and O–H groups in total. The minimum Gasteiger partial charge on any atom is -0.512 e. The number of pyridine rings is 1. The molecule has 0 unspecified atom stereocenters. The first kappa shape index (κ1) is 25.2. The van der Waals surface area contributed by atoms with Crippen LogP contribution < -0.4 is 0 Å². The van der Waals surface area contributed by atoms with E-state index in [0.717, 1.165) is 50.0 Å². The summed E-state index contributed by atoms with van der Waals surface area (Å²) in [7, 11) is 0. The van der Waals surface area contributed by atoms with Crippen LogP contribution in [0.3, 0.4) is 0 Å². The number of aliphatic hydroxyl groups is 1. The molecule has 1 aliphatic carbocycles. The summed E-state index contributed by atoms with van der Waals surface area (Å²) in [5.74, 6) is 0.0233. The van der Waals surface area contributed by atoms with Gasteiger partial charge < -0.3 is 5.11 Å². The fourth-order valence-corrected chi connectivity index (χ4v) is 4.12. The number of aromatic nitrogens is 1. The van der Waals surface area contributed by atoms with Crippen molar-refractivity contribution in [2.24, 2.45) is 0 Å². The number of aryl methyl sites for hydroxylation is 2. The molecule has 1 radical (unpaired) electrons. The van der Waals surface area contributed by atoms with Gasteiger partial charge in [-0.25, -0.2) is 0 Å². The number of ketones is 2. The zero-order chi connectivity index (χ0) is 23.7. The molecule has 0 aliphatic heterocycles.